The Morgan fingerprint density at radius 2 is 1.65 bits per heavy atom. The molecule has 0 unspecified atom stereocenters. The third-order valence-electron chi connectivity index (χ3n) is 3.65. The standard InChI is InChI=1S/C19H22N2O2/c1-15(22)17-8-10-18(11-9-17)20-13-12-19(23)21(2)14-16-6-4-3-5-7-16/h3-11,20H,12-14H2,1-2H3. The zero-order chi connectivity index (χ0) is 16.7. The topological polar surface area (TPSA) is 49.4 Å². The van der Waals surface area contributed by atoms with Crippen LogP contribution in [0.2, 0.25) is 0 Å². The van der Waals surface area contributed by atoms with Crippen LogP contribution in [0.1, 0.15) is 29.3 Å². The van der Waals surface area contributed by atoms with E-state index < -0.39 is 0 Å². The van der Waals surface area contributed by atoms with E-state index in [9.17, 15) is 9.59 Å². The van der Waals surface area contributed by atoms with Crippen molar-refractivity contribution in [1.82, 2.24) is 4.90 Å². The fraction of sp³-hybridized carbons (Fsp3) is 0.263. The number of benzene rings is 2. The number of hydrogen-bond acceptors (Lipinski definition) is 3. The molecule has 2 aromatic carbocycles. The molecule has 4 heteroatoms. The number of carbonyl (C=O) groups excluding carboxylic acids is 2. The normalized spacial score (nSPS) is 10.2. The fourth-order valence-electron chi connectivity index (χ4n) is 2.27. The van der Waals surface area contributed by atoms with E-state index in [-0.39, 0.29) is 11.7 Å². The van der Waals surface area contributed by atoms with Gasteiger partial charge in [-0.15, -0.1) is 0 Å². The summed E-state index contributed by atoms with van der Waals surface area (Å²) in [6.45, 7) is 2.73. The van der Waals surface area contributed by atoms with Gasteiger partial charge in [-0.1, -0.05) is 30.3 Å². The molecule has 0 fully saturated rings. The van der Waals surface area contributed by atoms with Crippen molar-refractivity contribution in [2.24, 2.45) is 0 Å². The van der Waals surface area contributed by atoms with Crippen LogP contribution in [0.5, 0.6) is 0 Å². The van der Waals surface area contributed by atoms with E-state index in [1.807, 2.05) is 49.5 Å². The lowest BCUT2D eigenvalue weighted by atomic mass is 10.1. The molecule has 0 radical (unpaired) electrons. The molecular weight excluding hydrogens is 288 g/mol. The molecule has 0 aliphatic heterocycles. The summed E-state index contributed by atoms with van der Waals surface area (Å²) in [4.78, 5) is 25.1. The number of hydrogen-bond donors (Lipinski definition) is 1. The first-order chi connectivity index (χ1) is 11.1. The predicted molar refractivity (Wildman–Crippen MR) is 92.5 cm³/mol. The second kappa shape index (κ2) is 8.13. The van der Waals surface area contributed by atoms with E-state index in [4.69, 9.17) is 0 Å². The molecule has 1 amide bonds. The first-order valence-electron chi connectivity index (χ1n) is 7.69. The van der Waals surface area contributed by atoms with Crippen molar-refractivity contribution >= 4 is 17.4 Å². The van der Waals surface area contributed by atoms with Crippen molar-refractivity contribution < 1.29 is 9.59 Å². The first-order valence-corrected chi connectivity index (χ1v) is 7.69. The van der Waals surface area contributed by atoms with Crippen LogP contribution in [0.25, 0.3) is 0 Å². The Hall–Kier alpha value is -2.62. The molecule has 1 N–H and O–H groups in total. The Labute approximate surface area is 137 Å². The van der Waals surface area contributed by atoms with Gasteiger partial charge in [-0.25, -0.2) is 0 Å². The van der Waals surface area contributed by atoms with Gasteiger partial charge in [0.1, 0.15) is 0 Å². The van der Waals surface area contributed by atoms with Gasteiger partial charge in [-0.3, -0.25) is 9.59 Å². The Balaban J connectivity index is 1.76. The zero-order valence-corrected chi connectivity index (χ0v) is 13.6. The zero-order valence-electron chi connectivity index (χ0n) is 13.6. The predicted octanol–water partition coefficient (Wildman–Crippen LogP) is 3.35. The number of nitrogens with one attached hydrogen (secondary N) is 1. The molecule has 2 rings (SSSR count). The van der Waals surface area contributed by atoms with E-state index in [1.165, 1.54) is 0 Å². The monoisotopic (exact) mass is 310 g/mol. The molecular formula is C19H22N2O2. The molecule has 0 bridgehead atoms. The second-order valence-corrected chi connectivity index (χ2v) is 5.55. The van der Waals surface area contributed by atoms with Gasteiger partial charge in [0.2, 0.25) is 5.91 Å². The van der Waals surface area contributed by atoms with Crippen LogP contribution in [0.4, 0.5) is 5.69 Å². The van der Waals surface area contributed by atoms with Crippen molar-refractivity contribution in [3.63, 3.8) is 0 Å². The summed E-state index contributed by atoms with van der Waals surface area (Å²) in [5, 5.41) is 3.20. The molecule has 2 aromatic rings. The lowest BCUT2D eigenvalue weighted by Gasteiger charge is -2.17. The molecule has 0 heterocycles. The van der Waals surface area contributed by atoms with Gasteiger partial charge < -0.3 is 10.2 Å². The van der Waals surface area contributed by atoms with E-state index >= 15 is 0 Å². The van der Waals surface area contributed by atoms with E-state index in [0.29, 0.717) is 25.1 Å². The minimum Gasteiger partial charge on any atom is -0.385 e. The highest BCUT2D eigenvalue weighted by molar-refractivity contribution is 5.94. The summed E-state index contributed by atoms with van der Waals surface area (Å²) < 4.78 is 0. The van der Waals surface area contributed by atoms with E-state index in [1.54, 1.807) is 24.0 Å². The van der Waals surface area contributed by atoms with Gasteiger partial charge in [0.05, 0.1) is 0 Å². The minimum atomic E-state index is 0.0502. The number of amides is 1. The molecule has 120 valence electrons. The average molecular weight is 310 g/mol. The SMILES string of the molecule is CC(=O)c1ccc(NCCC(=O)N(C)Cc2ccccc2)cc1. The number of nitrogens with zero attached hydrogens (tertiary/aromatic N) is 1. The smallest absolute Gasteiger partial charge is 0.224 e. The van der Waals surface area contributed by atoms with Gasteiger partial charge in [-0.05, 0) is 36.8 Å². The Kier molecular flexibility index (Phi) is 5.92. The highest BCUT2D eigenvalue weighted by atomic mass is 16.2. The quantitative estimate of drug-likeness (QED) is 0.798. The summed E-state index contributed by atoms with van der Waals surface area (Å²) in [6.07, 6.45) is 0.428. The maximum absolute atomic E-state index is 12.1. The Morgan fingerprint density at radius 3 is 2.26 bits per heavy atom. The highest BCUT2D eigenvalue weighted by Crippen LogP contribution is 2.10. The maximum Gasteiger partial charge on any atom is 0.224 e. The lowest BCUT2D eigenvalue weighted by molar-refractivity contribution is -0.130. The number of carbonyl (C=O) groups is 2. The minimum absolute atomic E-state index is 0.0502. The molecule has 0 atom stereocenters. The second-order valence-electron chi connectivity index (χ2n) is 5.55. The van der Waals surface area contributed by atoms with Crippen LogP contribution in [-0.4, -0.2) is 30.2 Å². The third-order valence-corrected chi connectivity index (χ3v) is 3.65. The van der Waals surface area contributed by atoms with Crippen molar-refractivity contribution in [1.29, 1.82) is 0 Å². The molecule has 0 aliphatic carbocycles. The molecule has 23 heavy (non-hydrogen) atoms. The molecule has 0 spiro atoms. The summed E-state index contributed by atoms with van der Waals surface area (Å²) >= 11 is 0. The van der Waals surface area contributed by atoms with Crippen LogP contribution in [0, 0.1) is 0 Å². The summed E-state index contributed by atoms with van der Waals surface area (Å²) in [7, 11) is 1.82. The van der Waals surface area contributed by atoms with Crippen LogP contribution in [0.15, 0.2) is 54.6 Å². The van der Waals surface area contributed by atoms with E-state index in [0.717, 1.165) is 11.3 Å². The average Bonchev–Trinajstić information content (AvgIpc) is 2.56. The van der Waals surface area contributed by atoms with Gasteiger partial charge in [0.25, 0.3) is 0 Å². The van der Waals surface area contributed by atoms with Crippen molar-refractivity contribution in [2.75, 3.05) is 18.9 Å². The molecule has 0 aromatic heterocycles. The Bertz CT molecular complexity index is 651. The maximum atomic E-state index is 12.1. The number of anilines is 1. The van der Waals surface area contributed by atoms with Crippen LogP contribution < -0.4 is 5.32 Å². The first kappa shape index (κ1) is 16.7. The van der Waals surface area contributed by atoms with Gasteiger partial charge >= 0.3 is 0 Å². The largest absolute Gasteiger partial charge is 0.385 e. The summed E-state index contributed by atoms with van der Waals surface area (Å²) in [6, 6.07) is 17.2. The van der Waals surface area contributed by atoms with Gasteiger partial charge in [-0.2, -0.15) is 0 Å². The number of rotatable bonds is 7. The van der Waals surface area contributed by atoms with Crippen molar-refractivity contribution in [2.45, 2.75) is 19.9 Å². The van der Waals surface area contributed by atoms with Crippen molar-refractivity contribution in [3.8, 4) is 0 Å². The number of ketones is 1. The Morgan fingerprint density at radius 1 is 1.00 bits per heavy atom. The number of Topliss-reactive ketones (excluding diaryl/α,β-unsaturated/α-hetero) is 1. The van der Waals surface area contributed by atoms with E-state index in [2.05, 4.69) is 5.32 Å². The van der Waals surface area contributed by atoms with Crippen LogP contribution in [-0.2, 0) is 11.3 Å². The van der Waals surface area contributed by atoms with Gasteiger partial charge in [0.15, 0.2) is 5.78 Å². The third kappa shape index (κ3) is 5.25. The van der Waals surface area contributed by atoms with Crippen LogP contribution >= 0.6 is 0 Å². The lowest BCUT2D eigenvalue weighted by Crippen LogP contribution is -2.27. The van der Waals surface area contributed by atoms with Crippen molar-refractivity contribution in [3.05, 3.63) is 65.7 Å². The van der Waals surface area contributed by atoms with Crippen LogP contribution in [0.3, 0.4) is 0 Å². The fourth-order valence-corrected chi connectivity index (χ4v) is 2.27. The van der Waals surface area contributed by atoms with Gasteiger partial charge in [0, 0.05) is 37.8 Å². The molecule has 0 saturated carbocycles. The summed E-state index contributed by atoms with van der Waals surface area (Å²) in [5.41, 5.74) is 2.72. The summed E-state index contributed by atoms with van der Waals surface area (Å²) in [5.74, 6) is 0.149. The highest BCUT2D eigenvalue weighted by Gasteiger charge is 2.08. The molecule has 4 nitrogen and oxygen atoms in total. The molecule has 0 aliphatic rings. The molecule has 0 saturated heterocycles.